The molecule has 0 saturated heterocycles. The topological polar surface area (TPSA) is 86.6 Å². The molecule has 0 bridgehead atoms. The van der Waals surface area contributed by atoms with Crippen LogP contribution < -0.4 is 19.1 Å². The maximum atomic E-state index is 12.9. The van der Waals surface area contributed by atoms with E-state index in [-0.39, 0.29) is 9.77 Å². The molecule has 0 unspecified atom stereocenters. The Morgan fingerprint density at radius 1 is 1.14 bits per heavy atom. The van der Waals surface area contributed by atoms with Crippen molar-refractivity contribution in [3.05, 3.63) is 51.6 Å². The van der Waals surface area contributed by atoms with Crippen molar-refractivity contribution in [2.24, 2.45) is 0 Å². The van der Waals surface area contributed by atoms with Gasteiger partial charge in [-0.3, -0.25) is 9.36 Å². The van der Waals surface area contributed by atoms with Crippen LogP contribution in [0.5, 0.6) is 11.5 Å². The van der Waals surface area contributed by atoms with E-state index in [0.717, 1.165) is 16.9 Å². The number of aromatic nitrogens is 1. The van der Waals surface area contributed by atoms with Crippen LogP contribution in [0.15, 0.2) is 46.1 Å². The second-order valence-corrected chi connectivity index (χ2v) is 8.90. The van der Waals surface area contributed by atoms with E-state index in [1.807, 2.05) is 6.92 Å². The van der Waals surface area contributed by atoms with Crippen LogP contribution in [0.1, 0.15) is 25.5 Å². The fourth-order valence-corrected chi connectivity index (χ4v) is 5.37. The highest BCUT2D eigenvalue weighted by Crippen LogP contribution is 2.30. The molecule has 1 N–H and O–H groups in total. The van der Waals surface area contributed by atoms with Gasteiger partial charge in [0.2, 0.25) is 10.0 Å². The Bertz CT molecular complexity index is 1160. The zero-order valence-corrected chi connectivity index (χ0v) is 17.7. The third kappa shape index (κ3) is 3.78. The maximum Gasteiger partial charge on any atom is 0.308 e. The molecule has 0 aliphatic heterocycles. The van der Waals surface area contributed by atoms with Crippen molar-refractivity contribution in [2.75, 3.05) is 14.2 Å². The van der Waals surface area contributed by atoms with Crippen LogP contribution in [0.2, 0.25) is 0 Å². The Morgan fingerprint density at radius 2 is 1.89 bits per heavy atom. The molecule has 0 aliphatic rings. The zero-order chi connectivity index (χ0) is 20.5. The number of aryl methyl sites for hydroxylation is 1. The van der Waals surface area contributed by atoms with Gasteiger partial charge in [-0.1, -0.05) is 11.3 Å². The van der Waals surface area contributed by atoms with Gasteiger partial charge >= 0.3 is 4.87 Å². The predicted molar refractivity (Wildman–Crippen MR) is 110 cm³/mol. The number of hydrogen-bond donors (Lipinski definition) is 1. The van der Waals surface area contributed by atoms with Gasteiger partial charge in [0, 0.05) is 18.2 Å². The van der Waals surface area contributed by atoms with E-state index in [1.165, 1.54) is 19.2 Å². The van der Waals surface area contributed by atoms with Crippen molar-refractivity contribution in [1.82, 2.24) is 9.29 Å². The fraction of sp³-hybridized carbons (Fsp3) is 0.316. The Hall–Kier alpha value is -2.36. The maximum absolute atomic E-state index is 12.9. The Labute approximate surface area is 167 Å². The number of ether oxygens (including phenoxy) is 2. The summed E-state index contributed by atoms with van der Waals surface area (Å²) in [5.41, 5.74) is 1.40. The molecule has 0 aliphatic carbocycles. The summed E-state index contributed by atoms with van der Waals surface area (Å²) in [5, 5.41) is 0. The first-order valence-corrected chi connectivity index (χ1v) is 11.0. The van der Waals surface area contributed by atoms with Crippen LogP contribution in [0.4, 0.5) is 0 Å². The van der Waals surface area contributed by atoms with Crippen molar-refractivity contribution in [2.45, 2.75) is 31.3 Å². The number of hydrogen-bond acceptors (Lipinski definition) is 6. The monoisotopic (exact) mass is 422 g/mol. The molecule has 0 radical (unpaired) electrons. The number of methoxy groups -OCH3 is 2. The largest absolute Gasteiger partial charge is 0.497 e. The standard InChI is InChI=1S/C19H22N2O5S2/c1-5-21-16-8-7-14(11-18(16)27-19(21)22)28(23,24)20-12(2)15-10-13(25-3)6-9-17(15)26-4/h6-12,20H,5H2,1-4H3/t12-/m1/s1. The second kappa shape index (κ2) is 7.94. The Kier molecular flexibility index (Phi) is 5.78. The van der Waals surface area contributed by atoms with Gasteiger partial charge in [0.1, 0.15) is 11.5 Å². The van der Waals surface area contributed by atoms with E-state index in [0.29, 0.717) is 28.3 Å². The lowest BCUT2D eigenvalue weighted by Gasteiger charge is -2.18. The van der Waals surface area contributed by atoms with Crippen LogP contribution >= 0.6 is 11.3 Å². The highest BCUT2D eigenvalue weighted by Gasteiger charge is 2.22. The summed E-state index contributed by atoms with van der Waals surface area (Å²) in [5.74, 6) is 1.17. The molecule has 0 saturated carbocycles. The fourth-order valence-electron chi connectivity index (χ4n) is 3.06. The molecule has 0 fully saturated rings. The number of thiazole rings is 1. The molecule has 9 heteroatoms. The Balaban J connectivity index is 1.95. The summed E-state index contributed by atoms with van der Waals surface area (Å²) in [6.07, 6.45) is 0. The number of nitrogens with zero attached hydrogens (tertiary/aromatic N) is 1. The van der Waals surface area contributed by atoms with E-state index < -0.39 is 16.1 Å². The van der Waals surface area contributed by atoms with Crippen molar-refractivity contribution in [3.63, 3.8) is 0 Å². The summed E-state index contributed by atoms with van der Waals surface area (Å²) in [6, 6.07) is 9.38. The van der Waals surface area contributed by atoms with Gasteiger partial charge in [-0.2, -0.15) is 0 Å². The molecule has 3 aromatic rings. The minimum Gasteiger partial charge on any atom is -0.497 e. The number of nitrogens with one attached hydrogen (secondary N) is 1. The van der Waals surface area contributed by atoms with Gasteiger partial charge in [0.15, 0.2) is 0 Å². The first kappa shape index (κ1) is 20.4. The molecule has 7 nitrogen and oxygen atoms in total. The van der Waals surface area contributed by atoms with Crippen molar-refractivity contribution in [1.29, 1.82) is 0 Å². The lowest BCUT2D eigenvalue weighted by Crippen LogP contribution is -2.27. The Morgan fingerprint density at radius 3 is 2.54 bits per heavy atom. The SMILES string of the molecule is CCn1c(=O)sc2cc(S(=O)(=O)N[C@H](C)c3cc(OC)ccc3OC)ccc21. The average molecular weight is 423 g/mol. The number of rotatable bonds is 7. The van der Waals surface area contributed by atoms with Gasteiger partial charge < -0.3 is 9.47 Å². The quantitative estimate of drug-likeness (QED) is 0.632. The van der Waals surface area contributed by atoms with E-state index in [2.05, 4.69) is 4.72 Å². The molecular formula is C19H22N2O5S2. The van der Waals surface area contributed by atoms with Gasteiger partial charge in [-0.05, 0) is 50.2 Å². The summed E-state index contributed by atoms with van der Waals surface area (Å²) < 4.78 is 41.3. The minimum atomic E-state index is -3.80. The lowest BCUT2D eigenvalue weighted by atomic mass is 10.1. The predicted octanol–water partition coefficient (Wildman–Crippen LogP) is 3.14. The molecular weight excluding hydrogens is 400 g/mol. The molecule has 0 spiro atoms. The van der Waals surface area contributed by atoms with Crippen LogP contribution in [-0.2, 0) is 16.6 Å². The molecule has 2 aromatic carbocycles. The third-order valence-electron chi connectivity index (χ3n) is 4.50. The molecule has 1 atom stereocenters. The van der Waals surface area contributed by atoms with Crippen LogP contribution in [0.3, 0.4) is 0 Å². The summed E-state index contributed by atoms with van der Waals surface area (Å²) in [7, 11) is -0.731. The van der Waals surface area contributed by atoms with Gasteiger partial charge in [-0.25, -0.2) is 13.1 Å². The highest BCUT2D eigenvalue weighted by atomic mass is 32.2. The highest BCUT2D eigenvalue weighted by molar-refractivity contribution is 7.89. The molecule has 1 aromatic heterocycles. The molecule has 3 rings (SSSR count). The van der Waals surface area contributed by atoms with Gasteiger partial charge in [0.25, 0.3) is 0 Å². The second-order valence-electron chi connectivity index (χ2n) is 6.19. The van der Waals surface area contributed by atoms with Gasteiger partial charge in [0.05, 0.1) is 29.3 Å². The molecule has 1 heterocycles. The van der Waals surface area contributed by atoms with Crippen molar-refractivity contribution in [3.8, 4) is 11.5 Å². The van der Waals surface area contributed by atoms with E-state index in [9.17, 15) is 13.2 Å². The van der Waals surface area contributed by atoms with E-state index in [4.69, 9.17) is 9.47 Å². The summed E-state index contributed by atoms with van der Waals surface area (Å²) in [6.45, 7) is 4.15. The first-order chi connectivity index (χ1) is 13.3. The van der Waals surface area contributed by atoms with Crippen molar-refractivity contribution >= 4 is 31.6 Å². The first-order valence-electron chi connectivity index (χ1n) is 8.68. The molecule has 0 amide bonds. The molecule has 28 heavy (non-hydrogen) atoms. The average Bonchev–Trinajstić information content (AvgIpc) is 3.01. The van der Waals surface area contributed by atoms with Crippen molar-refractivity contribution < 1.29 is 17.9 Å². The smallest absolute Gasteiger partial charge is 0.308 e. The van der Waals surface area contributed by atoms with E-state index >= 15 is 0 Å². The molecule has 150 valence electrons. The summed E-state index contributed by atoms with van der Waals surface area (Å²) in [4.78, 5) is 12.0. The van der Waals surface area contributed by atoms with E-state index in [1.54, 1.807) is 42.9 Å². The third-order valence-corrected chi connectivity index (χ3v) is 6.98. The normalized spacial score (nSPS) is 12.9. The van der Waals surface area contributed by atoms with Crippen LogP contribution in [0, 0.1) is 0 Å². The van der Waals surface area contributed by atoms with Crippen LogP contribution in [-0.4, -0.2) is 27.2 Å². The number of fused-ring (bicyclic) bond motifs is 1. The number of benzene rings is 2. The lowest BCUT2D eigenvalue weighted by molar-refractivity contribution is 0.395. The minimum absolute atomic E-state index is 0.102. The number of sulfonamides is 1. The summed E-state index contributed by atoms with van der Waals surface area (Å²) >= 11 is 1.04. The van der Waals surface area contributed by atoms with Crippen LogP contribution in [0.25, 0.3) is 10.2 Å². The zero-order valence-electron chi connectivity index (χ0n) is 16.1. The van der Waals surface area contributed by atoms with Gasteiger partial charge in [-0.15, -0.1) is 0 Å².